The van der Waals surface area contributed by atoms with Crippen molar-refractivity contribution >= 4 is 11.7 Å². The van der Waals surface area contributed by atoms with Gasteiger partial charge < -0.3 is 15.3 Å². The largest absolute Gasteiger partial charge is 0.387 e. The summed E-state index contributed by atoms with van der Waals surface area (Å²) in [6, 6.07) is 14.1. The Morgan fingerprint density at radius 2 is 2.04 bits per heavy atom. The minimum atomic E-state index is -0.891. The van der Waals surface area contributed by atoms with E-state index in [1.807, 2.05) is 6.07 Å². The molecule has 0 aromatic heterocycles. The van der Waals surface area contributed by atoms with Crippen molar-refractivity contribution in [1.29, 1.82) is 5.26 Å². The van der Waals surface area contributed by atoms with E-state index in [0.29, 0.717) is 16.8 Å². The van der Waals surface area contributed by atoms with E-state index >= 15 is 0 Å². The lowest BCUT2D eigenvalue weighted by atomic mass is 10.1. The molecule has 2 aromatic rings. The molecule has 0 bridgehead atoms. The third-order valence-electron chi connectivity index (χ3n) is 4.12. The van der Waals surface area contributed by atoms with Gasteiger partial charge in [-0.1, -0.05) is 18.2 Å². The molecule has 0 radical (unpaired) electrons. The van der Waals surface area contributed by atoms with Crippen LogP contribution in [-0.2, 0) is 0 Å². The van der Waals surface area contributed by atoms with E-state index in [9.17, 15) is 14.3 Å². The topological polar surface area (TPSA) is 76.4 Å². The van der Waals surface area contributed by atoms with Gasteiger partial charge in [-0.2, -0.15) is 5.26 Å². The highest BCUT2D eigenvalue weighted by Gasteiger charge is 2.34. The molecule has 0 aliphatic heterocycles. The Morgan fingerprint density at radius 3 is 2.68 bits per heavy atom. The molecule has 0 saturated heterocycles. The number of hydrogen-bond acceptors (Lipinski definition) is 3. The van der Waals surface area contributed by atoms with Crippen LogP contribution in [0.15, 0.2) is 48.5 Å². The SMILES string of the molecule is N#Cc1cccc(NC(=O)N(CC(O)c2ccc(F)cc2)C2CC2)c1. The van der Waals surface area contributed by atoms with Crippen LogP contribution in [0.25, 0.3) is 0 Å². The van der Waals surface area contributed by atoms with Gasteiger partial charge in [-0.25, -0.2) is 9.18 Å². The lowest BCUT2D eigenvalue weighted by Gasteiger charge is -2.25. The number of carbonyl (C=O) groups is 1. The number of anilines is 1. The second-order valence-electron chi connectivity index (χ2n) is 6.07. The van der Waals surface area contributed by atoms with Crippen LogP contribution < -0.4 is 5.32 Å². The van der Waals surface area contributed by atoms with E-state index in [-0.39, 0.29) is 24.4 Å². The van der Waals surface area contributed by atoms with Gasteiger partial charge in [0.2, 0.25) is 0 Å². The molecular formula is C19H18FN3O2. The monoisotopic (exact) mass is 339 g/mol. The fourth-order valence-electron chi connectivity index (χ4n) is 2.62. The van der Waals surface area contributed by atoms with E-state index in [1.165, 1.54) is 24.3 Å². The first-order valence-corrected chi connectivity index (χ1v) is 8.08. The van der Waals surface area contributed by atoms with Gasteiger partial charge in [0.1, 0.15) is 5.82 Å². The number of nitrogens with zero attached hydrogens (tertiary/aromatic N) is 2. The number of carbonyl (C=O) groups excluding carboxylic acids is 1. The zero-order valence-electron chi connectivity index (χ0n) is 13.5. The van der Waals surface area contributed by atoms with Crippen LogP contribution in [0.2, 0.25) is 0 Å². The summed E-state index contributed by atoms with van der Waals surface area (Å²) in [4.78, 5) is 14.2. The van der Waals surface area contributed by atoms with Gasteiger partial charge in [0.15, 0.2) is 0 Å². The quantitative estimate of drug-likeness (QED) is 0.876. The number of nitriles is 1. The Bertz CT molecular complexity index is 797. The maximum Gasteiger partial charge on any atom is 0.322 e. The highest BCUT2D eigenvalue weighted by Crippen LogP contribution is 2.29. The molecule has 1 aliphatic rings. The smallest absolute Gasteiger partial charge is 0.322 e. The van der Waals surface area contributed by atoms with Crippen LogP contribution in [0.4, 0.5) is 14.9 Å². The summed E-state index contributed by atoms with van der Waals surface area (Å²) in [5.41, 5.74) is 1.56. The first-order chi connectivity index (χ1) is 12.1. The number of aliphatic hydroxyl groups excluding tert-OH is 1. The van der Waals surface area contributed by atoms with Crippen LogP contribution in [-0.4, -0.2) is 28.6 Å². The molecule has 5 nitrogen and oxygen atoms in total. The summed E-state index contributed by atoms with van der Waals surface area (Å²) in [6.45, 7) is 0.125. The molecular weight excluding hydrogens is 321 g/mol. The lowest BCUT2D eigenvalue weighted by Crippen LogP contribution is -2.39. The zero-order chi connectivity index (χ0) is 17.8. The van der Waals surface area contributed by atoms with E-state index in [4.69, 9.17) is 5.26 Å². The number of nitrogens with one attached hydrogen (secondary N) is 1. The highest BCUT2D eigenvalue weighted by atomic mass is 19.1. The Morgan fingerprint density at radius 1 is 1.32 bits per heavy atom. The average molecular weight is 339 g/mol. The zero-order valence-corrected chi connectivity index (χ0v) is 13.5. The van der Waals surface area contributed by atoms with Crippen molar-refractivity contribution in [2.75, 3.05) is 11.9 Å². The second-order valence-corrected chi connectivity index (χ2v) is 6.07. The number of urea groups is 1. The predicted octanol–water partition coefficient (Wildman–Crippen LogP) is 3.43. The molecule has 2 amide bonds. The fraction of sp³-hybridized carbons (Fsp3) is 0.263. The van der Waals surface area contributed by atoms with Gasteiger partial charge in [-0.05, 0) is 48.7 Å². The molecule has 6 heteroatoms. The highest BCUT2D eigenvalue weighted by molar-refractivity contribution is 5.90. The van der Waals surface area contributed by atoms with E-state index in [2.05, 4.69) is 5.32 Å². The van der Waals surface area contributed by atoms with Crippen LogP contribution in [0.3, 0.4) is 0 Å². The molecule has 1 aliphatic carbocycles. The van der Waals surface area contributed by atoms with Crippen LogP contribution >= 0.6 is 0 Å². The first kappa shape index (κ1) is 16.9. The van der Waals surface area contributed by atoms with Crippen LogP contribution in [0, 0.1) is 17.1 Å². The second kappa shape index (κ2) is 7.32. The van der Waals surface area contributed by atoms with Crippen LogP contribution in [0.1, 0.15) is 30.1 Å². The molecule has 1 saturated carbocycles. The van der Waals surface area contributed by atoms with Crippen molar-refractivity contribution in [3.63, 3.8) is 0 Å². The van der Waals surface area contributed by atoms with Crippen LogP contribution in [0.5, 0.6) is 0 Å². The van der Waals surface area contributed by atoms with Crippen molar-refractivity contribution in [1.82, 2.24) is 4.90 Å². The molecule has 1 atom stereocenters. The Hall–Kier alpha value is -2.91. The molecule has 2 N–H and O–H groups in total. The van der Waals surface area contributed by atoms with Gasteiger partial charge in [-0.3, -0.25) is 0 Å². The molecule has 0 heterocycles. The van der Waals surface area contributed by atoms with Crippen molar-refractivity contribution in [3.8, 4) is 6.07 Å². The fourth-order valence-corrected chi connectivity index (χ4v) is 2.62. The Labute approximate surface area is 145 Å². The minimum absolute atomic E-state index is 0.0919. The molecule has 2 aromatic carbocycles. The molecule has 128 valence electrons. The Kier molecular flexibility index (Phi) is 4.96. The van der Waals surface area contributed by atoms with Gasteiger partial charge in [0, 0.05) is 11.7 Å². The van der Waals surface area contributed by atoms with E-state index < -0.39 is 6.10 Å². The van der Waals surface area contributed by atoms with Gasteiger partial charge in [0.05, 0.1) is 24.3 Å². The summed E-state index contributed by atoms with van der Waals surface area (Å²) in [6.07, 6.45) is 0.890. The first-order valence-electron chi connectivity index (χ1n) is 8.08. The molecule has 1 unspecified atom stereocenters. The summed E-state index contributed by atoms with van der Waals surface area (Å²) in [5.74, 6) is -0.370. The number of hydrogen-bond donors (Lipinski definition) is 2. The standard InChI is InChI=1S/C19H18FN3O2/c20-15-6-4-14(5-7-15)18(24)12-23(17-8-9-17)19(25)22-16-3-1-2-13(10-16)11-21/h1-7,10,17-18,24H,8-9,12H2,(H,22,25). The van der Waals surface area contributed by atoms with Crippen molar-refractivity contribution in [2.24, 2.45) is 0 Å². The Balaban J connectivity index is 1.69. The van der Waals surface area contributed by atoms with Crippen molar-refractivity contribution < 1.29 is 14.3 Å². The average Bonchev–Trinajstić information content (AvgIpc) is 3.45. The van der Waals surface area contributed by atoms with Gasteiger partial charge in [-0.15, -0.1) is 0 Å². The molecule has 3 rings (SSSR count). The predicted molar refractivity (Wildman–Crippen MR) is 91.3 cm³/mol. The van der Waals surface area contributed by atoms with E-state index in [0.717, 1.165) is 12.8 Å². The third kappa shape index (κ3) is 4.34. The van der Waals surface area contributed by atoms with E-state index in [1.54, 1.807) is 29.2 Å². The number of benzene rings is 2. The number of amides is 2. The molecule has 0 spiro atoms. The number of rotatable bonds is 5. The minimum Gasteiger partial charge on any atom is -0.387 e. The molecule has 1 fully saturated rings. The van der Waals surface area contributed by atoms with Gasteiger partial charge in [0.25, 0.3) is 0 Å². The summed E-state index contributed by atoms with van der Waals surface area (Å²) < 4.78 is 13.0. The summed E-state index contributed by atoms with van der Waals surface area (Å²) in [7, 11) is 0. The summed E-state index contributed by atoms with van der Waals surface area (Å²) >= 11 is 0. The van der Waals surface area contributed by atoms with Crippen molar-refractivity contribution in [3.05, 3.63) is 65.5 Å². The van der Waals surface area contributed by atoms with Gasteiger partial charge >= 0.3 is 6.03 Å². The maximum atomic E-state index is 13.0. The van der Waals surface area contributed by atoms with Crippen molar-refractivity contribution in [2.45, 2.75) is 25.0 Å². The lowest BCUT2D eigenvalue weighted by molar-refractivity contribution is 0.123. The molecule has 25 heavy (non-hydrogen) atoms. The number of aliphatic hydroxyl groups is 1. The third-order valence-corrected chi connectivity index (χ3v) is 4.12. The maximum absolute atomic E-state index is 13.0. The normalized spacial score (nSPS) is 14.4. The number of halogens is 1. The summed E-state index contributed by atoms with van der Waals surface area (Å²) in [5, 5.41) is 22.1.